The van der Waals surface area contributed by atoms with E-state index in [1.807, 2.05) is 4.90 Å². The Kier molecular flexibility index (Phi) is 2.99. The molecule has 1 aliphatic heterocycles. The molecule has 0 aromatic carbocycles. The number of fused-ring (bicyclic) bond motifs is 1. The van der Waals surface area contributed by atoms with E-state index in [1.165, 1.54) is 6.42 Å². The van der Waals surface area contributed by atoms with E-state index >= 15 is 0 Å². The molecule has 3 rings (SSSR count). The molecular formula is C16H25NO2. The minimum Gasteiger partial charge on any atom is -0.326 e. The highest BCUT2D eigenvalue weighted by atomic mass is 16.2. The first kappa shape index (κ1) is 13.1. The molecule has 3 aliphatic rings. The second kappa shape index (κ2) is 4.32. The van der Waals surface area contributed by atoms with Gasteiger partial charge >= 0.3 is 0 Å². The molecule has 3 fully saturated rings. The van der Waals surface area contributed by atoms with Crippen LogP contribution in [-0.4, -0.2) is 28.2 Å². The first-order valence-electron chi connectivity index (χ1n) is 7.93. The van der Waals surface area contributed by atoms with Gasteiger partial charge in [-0.1, -0.05) is 25.7 Å². The predicted molar refractivity (Wildman–Crippen MR) is 73.7 cm³/mol. The maximum Gasteiger partial charge on any atom is 0.232 e. The van der Waals surface area contributed by atoms with Crippen molar-refractivity contribution in [3.63, 3.8) is 0 Å². The summed E-state index contributed by atoms with van der Waals surface area (Å²) >= 11 is 0. The highest BCUT2D eigenvalue weighted by molar-refractivity contribution is 6.07. The van der Waals surface area contributed by atoms with Crippen LogP contribution in [0.15, 0.2) is 0 Å². The van der Waals surface area contributed by atoms with Crippen LogP contribution >= 0.6 is 0 Å². The molecule has 1 unspecified atom stereocenters. The molecule has 2 aliphatic carbocycles. The summed E-state index contributed by atoms with van der Waals surface area (Å²) in [7, 11) is 0. The van der Waals surface area contributed by atoms with E-state index in [0.29, 0.717) is 12.2 Å². The van der Waals surface area contributed by atoms with Gasteiger partial charge in [0.05, 0.1) is 5.41 Å². The van der Waals surface area contributed by atoms with Gasteiger partial charge < -0.3 is 4.90 Å². The smallest absolute Gasteiger partial charge is 0.232 e. The van der Waals surface area contributed by atoms with Crippen LogP contribution in [0.1, 0.15) is 71.6 Å². The van der Waals surface area contributed by atoms with Gasteiger partial charge in [0.15, 0.2) is 5.78 Å². The van der Waals surface area contributed by atoms with Crippen LogP contribution in [0.4, 0.5) is 0 Å². The minimum atomic E-state index is -0.420. The van der Waals surface area contributed by atoms with Crippen molar-refractivity contribution in [1.82, 2.24) is 4.90 Å². The van der Waals surface area contributed by atoms with Gasteiger partial charge in [-0.25, -0.2) is 0 Å². The summed E-state index contributed by atoms with van der Waals surface area (Å²) in [6.45, 7) is 4.11. The van der Waals surface area contributed by atoms with E-state index in [4.69, 9.17) is 0 Å². The van der Waals surface area contributed by atoms with Gasteiger partial charge in [0.25, 0.3) is 0 Å². The Morgan fingerprint density at radius 3 is 2.16 bits per heavy atom. The van der Waals surface area contributed by atoms with Gasteiger partial charge in [0.2, 0.25) is 5.91 Å². The summed E-state index contributed by atoms with van der Waals surface area (Å²) in [6, 6.07) is 0.155. The van der Waals surface area contributed by atoms with Crippen molar-refractivity contribution in [2.24, 2.45) is 5.41 Å². The van der Waals surface area contributed by atoms with E-state index < -0.39 is 5.54 Å². The molecule has 3 heteroatoms. The van der Waals surface area contributed by atoms with E-state index in [9.17, 15) is 9.59 Å². The maximum absolute atomic E-state index is 12.8. The number of nitrogens with zero attached hydrogens (tertiary/aromatic N) is 1. The second-order valence-electron chi connectivity index (χ2n) is 6.90. The number of hydrogen-bond donors (Lipinski definition) is 0. The Balaban J connectivity index is 2.04. The zero-order valence-corrected chi connectivity index (χ0v) is 12.2. The summed E-state index contributed by atoms with van der Waals surface area (Å²) in [5.74, 6) is 0.631. The SMILES string of the molecule is CC(C)N1C(=O)C2(CCCCC2)C12CCCCC2=O. The summed E-state index contributed by atoms with van der Waals surface area (Å²) in [5, 5.41) is 0. The maximum atomic E-state index is 12.8. The third kappa shape index (κ3) is 1.45. The Bertz CT molecular complexity index is 409. The van der Waals surface area contributed by atoms with Crippen molar-refractivity contribution in [1.29, 1.82) is 0 Å². The topological polar surface area (TPSA) is 37.4 Å². The molecule has 1 amide bonds. The summed E-state index contributed by atoms with van der Waals surface area (Å²) in [4.78, 5) is 27.5. The first-order chi connectivity index (χ1) is 9.06. The lowest BCUT2D eigenvalue weighted by atomic mass is 9.49. The Labute approximate surface area is 115 Å². The van der Waals surface area contributed by atoms with Gasteiger partial charge in [-0.3, -0.25) is 9.59 Å². The summed E-state index contributed by atoms with van der Waals surface area (Å²) in [5.41, 5.74) is -0.732. The number of amides is 1. The molecule has 2 saturated carbocycles. The standard InChI is InChI=1S/C16H25NO2/c1-12(2)17-14(19)15(9-5-3-6-10-15)16(17)11-7-4-8-13(16)18/h12H,3-11H2,1-2H3. The highest BCUT2D eigenvalue weighted by Gasteiger charge is 2.73. The van der Waals surface area contributed by atoms with E-state index in [1.54, 1.807) is 0 Å². The van der Waals surface area contributed by atoms with Crippen LogP contribution in [-0.2, 0) is 9.59 Å². The molecule has 0 aromatic heterocycles. The number of likely N-dealkylation sites (tertiary alicyclic amines) is 1. The average Bonchev–Trinajstić information content (AvgIpc) is 2.41. The molecule has 19 heavy (non-hydrogen) atoms. The zero-order valence-electron chi connectivity index (χ0n) is 12.2. The van der Waals surface area contributed by atoms with E-state index in [0.717, 1.165) is 44.9 Å². The van der Waals surface area contributed by atoms with Gasteiger partial charge in [-0.2, -0.15) is 0 Å². The molecule has 0 radical (unpaired) electrons. The zero-order chi connectivity index (χ0) is 13.7. The Hall–Kier alpha value is -0.860. The van der Waals surface area contributed by atoms with Crippen LogP contribution in [0.5, 0.6) is 0 Å². The molecule has 0 bridgehead atoms. The third-order valence-corrected chi connectivity index (χ3v) is 5.71. The number of hydrogen-bond acceptors (Lipinski definition) is 2. The average molecular weight is 263 g/mol. The second-order valence-corrected chi connectivity index (χ2v) is 6.90. The molecular weight excluding hydrogens is 238 g/mol. The minimum absolute atomic E-state index is 0.155. The lowest BCUT2D eigenvalue weighted by Gasteiger charge is -2.68. The van der Waals surface area contributed by atoms with Gasteiger partial charge in [-0.05, 0) is 39.5 Å². The van der Waals surface area contributed by atoms with Gasteiger partial charge in [0.1, 0.15) is 5.54 Å². The number of Topliss-reactive ketones (excluding diaryl/α,β-unsaturated/α-hetero) is 1. The van der Waals surface area contributed by atoms with E-state index in [-0.39, 0.29) is 17.4 Å². The number of carbonyl (C=O) groups is 2. The molecule has 106 valence electrons. The Morgan fingerprint density at radius 2 is 1.58 bits per heavy atom. The highest BCUT2D eigenvalue weighted by Crippen LogP contribution is 2.61. The number of β-lactam (4-membered cyclic amide) rings is 1. The molecule has 0 aromatic rings. The quantitative estimate of drug-likeness (QED) is 0.682. The van der Waals surface area contributed by atoms with Crippen LogP contribution in [0, 0.1) is 5.41 Å². The normalized spacial score (nSPS) is 34.2. The van der Waals surface area contributed by atoms with Crippen molar-refractivity contribution in [3.05, 3.63) is 0 Å². The Morgan fingerprint density at radius 1 is 0.947 bits per heavy atom. The number of carbonyl (C=O) groups excluding carboxylic acids is 2. The fourth-order valence-corrected chi connectivity index (χ4v) is 4.99. The predicted octanol–water partition coefficient (Wildman–Crippen LogP) is 3.07. The fraction of sp³-hybridized carbons (Fsp3) is 0.875. The molecule has 1 saturated heterocycles. The van der Waals surface area contributed by atoms with Gasteiger partial charge in [0, 0.05) is 12.5 Å². The van der Waals surface area contributed by atoms with Crippen LogP contribution in [0.2, 0.25) is 0 Å². The van der Waals surface area contributed by atoms with Crippen molar-refractivity contribution >= 4 is 11.7 Å². The summed E-state index contributed by atoms with van der Waals surface area (Å²) in [6.07, 6.45) is 9.05. The number of ketones is 1. The van der Waals surface area contributed by atoms with Crippen molar-refractivity contribution in [2.75, 3.05) is 0 Å². The van der Waals surface area contributed by atoms with Gasteiger partial charge in [-0.15, -0.1) is 0 Å². The van der Waals surface area contributed by atoms with E-state index in [2.05, 4.69) is 13.8 Å². The molecule has 0 N–H and O–H groups in total. The molecule has 3 nitrogen and oxygen atoms in total. The monoisotopic (exact) mass is 263 g/mol. The lowest BCUT2D eigenvalue weighted by molar-refractivity contribution is -0.212. The van der Waals surface area contributed by atoms with Crippen LogP contribution in [0.25, 0.3) is 0 Å². The van der Waals surface area contributed by atoms with Crippen LogP contribution < -0.4 is 0 Å². The summed E-state index contributed by atoms with van der Waals surface area (Å²) < 4.78 is 0. The number of rotatable bonds is 1. The third-order valence-electron chi connectivity index (χ3n) is 5.71. The molecule has 2 spiro atoms. The molecule has 1 heterocycles. The first-order valence-corrected chi connectivity index (χ1v) is 7.93. The largest absolute Gasteiger partial charge is 0.326 e. The van der Waals surface area contributed by atoms with Crippen LogP contribution in [0.3, 0.4) is 0 Å². The van der Waals surface area contributed by atoms with Crippen molar-refractivity contribution in [2.45, 2.75) is 83.2 Å². The lowest BCUT2D eigenvalue weighted by Crippen LogP contribution is -2.83. The van der Waals surface area contributed by atoms with Crippen molar-refractivity contribution in [3.8, 4) is 0 Å². The fourth-order valence-electron chi connectivity index (χ4n) is 4.99. The van der Waals surface area contributed by atoms with Crippen molar-refractivity contribution < 1.29 is 9.59 Å². The molecule has 1 atom stereocenters.